The van der Waals surface area contributed by atoms with E-state index in [0.717, 1.165) is 53.5 Å². The van der Waals surface area contributed by atoms with Gasteiger partial charge in [-0.15, -0.1) is 0 Å². The van der Waals surface area contributed by atoms with Crippen molar-refractivity contribution in [3.8, 4) is 11.1 Å². The number of pyridine rings is 1. The van der Waals surface area contributed by atoms with Crippen LogP contribution in [0.15, 0.2) is 30.5 Å². The summed E-state index contributed by atoms with van der Waals surface area (Å²) in [6.45, 7) is 8.06. The maximum Gasteiger partial charge on any atom is 0.253 e. The predicted molar refractivity (Wildman–Crippen MR) is 132 cm³/mol. The average Bonchev–Trinajstić information content (AvgIpc) is 3.23. The number of rotatable bonds is 7. The SMILES string of the molecule is Cc1cc(-c2cc(C(=O)N[C@@H](CC(C)C)C(O)I)cnc2N2CCCC2)ccc1Cl. The highest BCUT2D eigenvalue weighted by atomic mass is 127. The molecule has 1 saturated heterocycles. The van der Waals surface area contributed by atoms with E-state index in [-0.39, 0.29) is 11.9 Å². The monoisotopic (exact) mass is 541 g/mol. The summed E-state index contributed by atoms with van der Waals surface area (Å²) in [4.78, 5) is 19.9. The van der Waals surface area contributed by atoms with E-state index in [9.17, 15) is 9.90 Å². The number of anilines is 1. The predicted octanol–water partition coefficient (Wildman–Crippen LogP) is 5.21. The summed E-state index contributed by atoms with van der Waals surface area (Å²) in [5.41, 5.74) is 3.40. The van der Waals surface area contributed by atoms with E-state index >= 15 is 0 Å². The first-order valence-corrected chi connectivity index (χ1v) is 12.0. The molecule has 3 rings (SSSR count). The molecule has 0 spiro atoms. The van der Waals surface area contributed by atoms with Crippen LogP contribution < -0.4 is 10.2 Å². The van der Waals surface area contributed by atoms with Crippen molar-refractivity contribution in [2.24, 2.45) is 5.92 Å². The van der Waals surface area contributed by atoms with E-state index in [0.29, 0.717) is 17.9 Å². The molecule has 7 heteroatoms. The van der Waals surface area contributed by atoms with Crippen LogP contribution in [0.4, 0.5) is 5.82 Å². The number of benzene rings is 1. The molecule has 1 amide bonds. The van der Waals surface area contributed by atoms with Gasteiger partial charge in [0.25, 0.3) is 5.91 Å². The number of nitrogens with zero attached hydrogens (tertiary/aromatic N) is 2. The molecule has 2 heterocycles. The third-order valence-electron chi connectivity index (χ3n) is 5.38. The van der Waals surface area contributed by atoms with E-state index in [1.165, 1.54) is 0 Å². The lowest BCUT2D eigenvalue weighted by atomic mass is 10.0. The molecule has 0 radical (unpaired) electrons. The van der Waals surface area contributed by atoms with Crippen LogP contribution in [-0.4, -0.2) is 39.2 Å². The second kappa shape index (κ2) is 10.3. The summed E-state index contributed by atoms with van der Waals surface area (Å²) in [7, 11) is 0. The fraction of sp³-hybridized carbons (Fsp3) is 0.478. The second-order valence-corrected chi connectivity index (χ2v) is 10.0. The molecule has 2 aromatic rings. The number of aliphatic hydroxyl groups excluding tert-OH is 1. The van der Waals surface area contributed by atoms with Gasteiger partial charge in [-0.1, -0.05) is 31.5 Å². The van der Waals surface area contributed by atoms with E-state index in [4.69, 9.17) is 16.6 Å². The van der Waals surface area contributed by atoms with Crippen LogP contribution in [-0.2, 0) is 0 Å². The quantitative estimate of drug-likeness (QED) is 0.373. The molecule has 162 valence electrons. The van der Waals surface area contributed by atoms with Crippen molar-refractivity contribution in [2.45, 2.75) is 50.2 Å². The Labute approximate surface area is 197 Å². The number of amides is 1. The first kappa shape index (κ1) is 23.3. The van der Waals surface area contributed by atoms with Gasteiger partial charge < -0.3 is 15.3 Å². The van der Waals surface area contributed by atoms with Gasteiger partial charge in [-0.2, -0.15) is 0 Å². The molecule has 1 aliphatic heterocycles. The van der Waals surface area contributed by atoms with Crippen LogP contribution in [0.5, 0.6) is 0 Å². The van der Waals surface area contributed by atoms with E-state index in [1.807, 2.05) is 53.8 Å². The largest absolute Gasteiger partial charge is 0.381 e. The van der Waals surface area contributed by atoms with Crippen LogP contribution in [0.3, 0.4) is 0 Å². The Bertz CT molecular complexity index is 898. The van der Waals surface area contributed by atoms with Gasteiger partial charge in [0.1, 0.15) is 9.93 Å². The fourth-order valence-electron chi connectivity index (χ4n) is 3.79. The van der Waals surface area contributed by atoms with Gasteiger partial charge >= 0.3 is 0 Å². The average molecular weight is 542 g/mol. The van der Waals surface area contributed by atoms with E-state index in [2.05, 4.69) is 24.1 Å². The molecule has 1 aromatic carbocycles. The van der Waals surface area contributed by atoms with E-state index < -0.39 is 4.11 Å². The number of aromatic nitrogens is 1. The molecule has 2 N–H and O–H groups in total. The van der Waals surface area contributed by atoms with Crippen LogP contribution in [0.1, 0.15) is 49.0 Å². The van der Waals surface area contributed by atoms with Gasteiger partial charge in [0, 0.05) is 29.9 Å². The van der Waals surface area contributed by atoms with Gasteiger partial charge in [0.2, 0.25) is 0 Å². The normalized spacial score (nSPS) is 16.0. The Kier molecular flexibility index (Phi) is 7.98. The topological polar surface area (TPSA) is 65.5 Å². The summed E-state index contributed by atoms with van der Waals surface area (Å²) in [5, 5.41) is 13.8. The lowest BCUT2D eigenvalue weighted by molar-refractivity contribution is 0.0901. The number of nitrogens with one attached hydrogen (secondary N) is 1. The van der Waals surface area contributed by atoms with Gasteiger partial charge in [-0.25, -0.2) is 4.98 Å². The smallest absolute Gasteiger partial charge is 0.253 e. The molecule has 1 aromatic heterocycles. The van der Waals surface area contributed by atoms with Crippen molar-refractivity contribution in [3.63, 3.8) is 0 Å². The minimum absolute atomic E-state index is 0.219. The van der Waals surface area contributed by atoms with Crippen molar-refractivity contribution in [1.82, 2.24) is 10.3 Å². The highest BCUT2D eigenvalue weighted by molar-refractivity contribution is 14.1. The Hall–Kier alpha value is -1.38. The second-order valence-electron chi connectivity index (χ2n) is 8.34. The highest BCUT2D eigenvalue weighted by Crippen LogP contribution is 2.33. The molecule has 30 heavy (non-hydrogen) atoms. The Balaban J connectivity index is 1.96. The number of aryl methyl sites for hydroxylation is 1. The number of halogens is 2. The zero-order valence-corrected chi connectivity index (χ0v) is 20.6. The van der Waals surface area contributed by atoms with Crippen molar-refractivity contribution in [3.05, 3.63) is 46.6 Å². The fourth-order valence-corrected chi connectivity index (χ4v) is 4.38. The van der Waals surface area contributed by atoms with Gasteiger partial charge in [-0.3, -0.25) is 4.79 Å². The Morgan fingerprint density at radius 2 is 2.00 bits per heavy atom. The lowest BCUT2D eigenvalue weighted by Gasteiger charge is -2.23. The lowest BCUT2D eigenvalue weighted by Crippen LogP contribution is -2.41. The van der Waals surface area contributed by atoms with Crippen molar-refractivity contribution < 1.29 is 9.90 Å². The summed E-state index contributed by atoms with van der Waals surface area (Å²) < 4.78 is -0.649. The van der Waals surface area contributed by atoms with Crippen LogP contribution >= 0.6 is 34.2 Å². The first-order valence-electron chi connectivity index (χ1n) is 10.4. The molecule has 1 aliphatic rings. The van der Waals surface area contributed by atoms with Crippen LogP contribution in [0.2, 0.25) is 5.02 Å². The minimum atomic E-state index is -0.649. The van der Waals surface area contributed by atoms with Gasteiger partial charge in [0.15, 0.2) is 0 Å². The molecule has 5 nitrogen and oxygen atoms in total. The third kappa shape index (κ3) is 5.65. The number of carbonyl (C=O) groups is 1. The van der Waals surface area contributed by atoms with Crippen LogP contribution in [0, 0.1) is 12.8 Å². The number of alkyl halides is 1. The maximum absolute atomic E-state index is 13.0. The van der Waals surface area contributed by atoms with Crippen molar-refractivity contribution >= 4 is 45.9 Å². The Morgan fingerprint density at radius 1 is 1.30 bits per heavy atom. The molecule has 1 unspecified atom stereocenters. The zero-order valence-electron chi connectivity index (χ0n) is 17.7. The molecular weight excluding hydrogens is 513 g/mol. The molecule has 0 aliphatic carbocycles. The third-order valence-corrected chi connectivity index (χ3v) is 6.67. The first-order chi connectivity index (χ1) is 14.3. The molecular formula is C23H29ClIN3O2. The minimum Gasteiger partial charge on any atom is -0.381 e. The highest BCUT2D eigenvalue weighted by Gasteiger charge is 2.23. The molecule has 0 saturated carbocycles. The van der Waals surface area contributed by atoms with Crippen LogP contribution in [0.25, 0.3) is 11.1 Å². The number of hydrogen-bond donors (Lipinski definition) is 2. The molecule has 2 atom stereocenters. The Morgan fingerprint density at radius 3 is 2.60 bits per heavy atom. The number of hydrogen-bond acceptors (Lipinski definition) is 4. The van der Waals surface area contributed by atoms with E-state index in [1.54, 1.807) is 6.20 Å². The maximum atomic E-state index is 13.0. The van der Waals surface area contributed by atoms with Crippen molar-refractivity contribution in [1.29, 1.82) is 0 Å². The number of carbonyl (C=O) groups excluding carboxylic acids is 1. The molecule has 0 bridgehead atoms. The summed E-state index contributed by atoms with van der Waals surface area (Å²) >= 11 is 8.18. The number of aliphatic hydroxyl groups is 1. The standard InChI is InChI=1S/C23H29ClIN3O2/c1-14(2)10-20(21(25)29)27-23(30)17-12-18(16-6-7-19(24)15(3)11-16)22(26-13-17)28-8-4-5-9-28/h6-7,11-14,20-21,29H,4-5,8-10H2,1-3H3,(H,27,30)/t20-,21?/m0/s1. The summed E-state index contributed by atoms with van der Waals surface area (Å²) in [5.74, 6) is 1.05. The zero-order chi connectivity index (χ0) is 21.8. The summed E-state index contributed by atoms with van der Waals surface area (Å²) in [6, 6.07) is 7.50. The van der Waals surface area contributed by atoms with Gasteiger partial charge in [0.05, 0.1) is 11.6 Å². The molecule has 1 fully saturated rings. The summed E-state index contributed by atoms with van der Waals surface area (Å²) in [6.07, 6.45) is 4.64. The van der Waals surface area contributed by atoms with Crippen molar-refractivity contribution in [2.75, 3.05) is 18.0 Å². The van der Waals surface area contributed by atoms with Gasteiger partial charge in [-0.05, 0) is 84.0 Å².